The largest absolute Gasteiger partial charge is 0.471 e. The average Bonchev–Trinajstić information content (AvgIpc) is 2.97. The molecule has 2 aromatic rings. The molecular weight excluding hydrogens is 321 g/mol. The maximum Gasteiger partial charge on any atom is 0.471 e. The Balaban J connectivity index is 2.12. The minimum Gasteiger partial charge on any atom is -0.361 e. The van der Waals surface area contributed by atoms with Crippen LogP contribution in [0.4, 0.5) is 13.2 Å². The van der Waals surface area contributed by atoms with Gasteiger partial charge in [0.25, 0.3) is 0 Å². The number of hydrogen-bond donors (Lipinski definition) is 2. The average molecular weight is 330 g/mol. The Morgan fingerprint density at radius 3 is 2.35 bits per heavy atom. The molecule has 2 amide bonds. The van der Waals surface area contributed by atoms with E-state index in [9.17, 15) is 28.0 Å². The van der Waals surface area contributed by atoms with Crippen molar-refractivity contribution in [3.8, 4) is 11.4 Å². The quantitative estimate of drug-likeness (QED) is 0.491. The molecule has 1 aromatic heterocycles. The van der Waals surface area contributed by atoms with Crippen LogP contribution in [0.1, 0.15) is 11.5 Å². The minimum atomic E-state index is -4.74. The number of amides is 2. The summed E-state index contributed by atoms with van der Waals surface area (Å²) in [7, 11) is 0. The first kappa shape index (κ1) is 16.4. The van der Waals surface area contributed by atoms with Crippen molar-refractivity contribution >= 4 is 11.8 Å². The molecule has 0 fully saturated rings. The van der Waals surface area contributed by atoms with Crippen molar-refractivity contribution < 1.29 is 32.5 Å². The van der Waals surface area contributed by atoms with Gasteiger partial charge in [-0.3, -0.25) is 14.8 Å². The lowest BCUT2D eigenvalue weighted by Gasteiger charge is -2.12. The summed E-state index contributed by atoms with van der Waals surface area (Å²) < 4.78 is 41.2. The summed E-state index contributed by atoms with van der Waals surface area (Å²) in [6, 6.07) is 5.53. The van der Waals surface area contributed by atoms with E-state index in [-0.39, 0.29) is 23.0 Å². The van der Waals surface area contributed by atoms with Gasteiger partial charge in [-0.2, -0.15) is 18.2 Å². The Morgan fingerprint density at radius 2 is 1.87 bits per heavy atom. The number of rotatable bonds is 3. The van der Waals surface area contributed by atoms with Crippen LogP contribution in [0.25, 0.3) is 11.4 Å². The molecule has 0 aliphatic heterocycles. The molecule has 0 atom stereocenters. The number of benzene rings is 1. The van der Waals surface area contributed by atoms with Gasteiger partial charge in [0.2, 0.25) is 5.82 Å². The maximum absolute atomic E-state index is 12.4. The molecule has 0 bridgehead atoms. The Kier molecular flexibility index (Phi) is 4.31. The fourth-order valence-electron chi connectivity index (χ4n) is 1.59. The Bertz CT molecular complexity index is 727. The highest BCUT2D eigenvalue weighted by Crippen LogP contribution is 2.29. The van der Waals surface area contributed by atoms with Crippen molar-refractivity contribution in [2.45, 2.75) is 12.7 Å². The van der Waals surface area contributed by atoms with Crippen LogP contribution < -0.4 is 5.73 Å². The third-order valence-corrected chi connectivity index (χ3v) is 2.66. The SMILES string of the molecule is NC(=O)C(=O)N(O)Cc1ccc(-c2noc(C(F)(F)F)n2)cc1. The molecule has 122 valence electrons. The summed E-state index contributed by atoms with van der Waals surface area (Å²) >= 11 is 0. The number of hydroxylamine groups is 2. The van der Waals surface area contributed by atoms with Crippen molar-refractivity contribution in [2.24, 2.45) is 5.73 Å². The van der Waals surface area contributed by atoms with Gasteiger partial charge in [0.1, 0.15) is 0 Å². The van der Waals surface area contributed by atoms with Gasteiger partial charge in [0.05, 0.1) is 6.54 Å². The topological polar surface area (TPSA) is 123 Å². The molecule has 0 saturated heterocycles. The second-order valence-corrected chi connectivity index (χ2v) is 4.34. The summed E-state index contributed by atoms with van der Waals surface area (Å²) in [6.45, 7) is -0.331. The first-order chi connectivity index (χ1) is 10.7. The standard InChI is InChI=1S/C12H9F3N4O4/c13-12(14,15)11-17-9(18-23-11)7-3-1-6(2-4-7)5-19(22)10(21)8(16)20/h1-4,22H,5H2,(H2,16,20). The summed E-state index contributed by atoms with van der Waals surface area (Å²) in [5.74, 6) is -4.35. The van der Waals surface area contributed by atoms with Crippen LogP contribution in [-0.2, 0) is 22.3 Å². The zero-order valence-corrected chi connectivity index (χ0v) is 11.2. The van der Waals surface area contributed by atoms with Crippen LogP contribution >= 0.6 is 0 Å². The first-order valence-corrected chi connectivity index (χ1v) is 5.99. The maximum atomic E-state index is 12.4. The minimum absolute atomic E-state index is 0.119. The number of nitrogens with two attached hydrogens (primary N) is 1. The molecule has 11 heteroatoms. The van der Waals surface area contributed by atoms with Gasteiger partial charge in [-0.15, -0.1) is 0 Å². The van der Waals surface area contributed by atoms with E-state index in [0.717, 1.165) is 0 Å². The van der Waals surface area contributed by atoms with Crippen molar-refractivity contribution in [3.63, 3.8) is 0 Å². The van der Waals surface area contributed by atoms with Crippen molar-refractivity contribution in [1.29, 1.82) is 0 Å². The van der Waals surface area contributed by atoms with Gasteiger partial charge in [0, 0.05) is 5.56 Å². The fraction of sp³-hybridized carbons (Fsp3) is 0.167. The third-order valence-electron chi connectivity index (χ3n) is 2.66. The van der Waals surface area contributed by atoms with E-state index in [1.165, 1.54) is 24.3 Å². The molecule has 0 saturated carbocycles. The molecular formula is C12H9F3N4O4. The van der Waals surface area contributed by atoms with E-state index in [4.69, 9.17) is 5.73 Å². The van der Waals surface area contributed by atoms with Crippen LogP contribution in [0.5, 0.6) is 0 Å². The van der Waals surface area contributed by atoms with Crippen LogP contribution in [0, 0.1) is 0 Å². The summed E-state index contributed by atoms with van der Waals surface area (Å²) in [5, 5.41) is 12.7. The molecule has 0 aliphatic rings. The molecule has 23 heavy (non-hydrogen) atoms. The van der Waals surface area contributed by atoms with Crippen LogP contribution in [0.15, 0.2) is 28.8 Å². The predicted octanol–water partition coefficient (Wildman–Crippen LogP) is 0.959. The monoisotopic (exact) mass is 330 g/mol. The zero-order chi connectivity index (χ0) is 17.2. The van der Waals surface area contributed by atoms with Crippen molar-refractivity contribution in [3.05, 3.63) is 35.7 Å². The van der Waals surface area contributed by atoms with Crippen molar-refractivity contribution in [2.75, 3.05) is 0 Å². The van der Waals surface area contributed by atoms with E-state index in [1.54, 1.807) is 0 Å². The second kappa shape index (κ2) is 6.04. The molecule has 1 heterocycles. The van der Waals surface area contributed by atoms with E-state index in [0.29, 0.717) is 5.56 Å². The van der Waals surface area contributed by atoms with Gasteiger partial charge >= 0.3 is 23.9 Å². The predicted molar refractivity (Wildman–Crippen MR) is 66.3 cm³/mol. The van der Waals surface area contributed by atoms with Crippen molar-refractivity contribution in [1.82, 2.24) is 15.2 Å². The number of carbonyl (C=O) groups excluding carboxylic acids is 2. The molecule has 1 aromatic carbocycles. The number of primary amides is 1. The molecule has 0 unspecified atom stereocenters. The van der Waals surface area contributed by atoms with E-state index in [1.807, 2.05) is 0 Å². The van der Waals surface area contributed by atoms with Gasteiger partial charge in [-0.05, 0) is 5.56 Å². The third kappa shape index (κ3) is 3.83. The molecule has 2 rings (SSSR count). The number of aromatic nitrogens is 2. The highest BCUT2D eigenvalue weighted by Gasteiger charge is 2.38. The highest BCUT2D eigenvalue weighted by molar-refractivity contribution is 6.33. The van der Waals surface area contributed by atoms with Crippen LogP contribution in [0.3, 0.4) is 0 Å². The van der Waals surface area contributed by atoms with Crippen LogP contribution in [0.2, 0.25) is 0 Å². The lowest BCUT2D eigenvalue weighted by atomic mass is 10.1. The summed E-state index contributed by atoms with van der Waals surface area (Å²) in [5.41, 5.74) is 5.35. The number of alkyl halides is 3. The number of hydrogen-bond acceptors (Lipinski definition) is 6. The molecule has 0 radical (unpaired) electrons. The Hall–Kier alpha value is -2.95. The van der Waals surface area contributed by atoms with E-state index < -0.39 is 23.9 Å². The molecule has 3 N–H and O–H groups in total. The van der Waals surface area contributed by atoms with Gasteiger partial charge in [-0.25, -0.2) is 5.06 Å². The molecule has 8 nitrogen and oxygen atoms in total. The summed E-state index contributed by atoms with van der Waals surface area (Å²) in [6.07, 6.45) is -4.74. The first-order valence-electron chi connectivity index (χ1n) is 5.99. The van der Waals surface area contributed by atoms with Gasteiger partial charge in [0.15, 0.2) is 0 Å². The zero-order valence-electron chi connectivity index (χ0n) is 11.2. The molecule has 0 aliphatic carbocycles. The Morgan fingerprint density at radius 1 is 1.26 bits per heavy atom. The molecule has 0 spiro atoms. The fourth-order valence-corrected chi connectivity index (χ4v) is 1.59. The number of nitrogens with zero attached hydrogens (tertiary/aromatic N) is 3. The van der Waals surface area contributed by atoms with Gasteiger partial charge < -0.3 is 10.3 Å². The summed E-state index contributed by atoms with van der Waals surface area (Å²) in [4.78, 5) is 24.9. The number of halogens is 3. The highest BCUT2D eigenvalue weighted by atomic mass is 19.4. The Labute approximate surface area is 126 Å². The van der Waals surface area contributed by atoms with Gasteiger partial charge in [-0.1, -0.05) is 29.4 Å². The lowest BCUT2D eigenvalue weighted by molar-refractivity contribution is -0.172. The lowest BCUT2D eigenvalue weighted by Crippen LogP contribution is -2.37. The van der Waals surface area contributed by atoms with E-state index >= 15 is 0 Å². The van der Waals surface area contributed by atoms with E-state index in [2.05, 4.69) is 14.7 Å². The number of carbonyl (C=O) groups is 2. The second-order valence-electron chi connectivity index (χ2n) is 4.34. The smallest absolute Gasteiger partial charge is 0.361 e. The normalized spacial score (nSPS) is 11.3. The van der Waals surface area contributed by atoms with Crippen LogP contribution in [-0.4, -0.2) is 32.2 Å².